The first-order chi connectivity index (χ1) is 16.6. The van der Waals surface area contributed by atoms with E-state index in [1.165, 1.54) is 15.3 Å². The number of hydrogen-bond donors (Lipinski definition) is 1. The Balaban J connectivity index is 2.15. The van der Waals surface area contributed by atoms with Gasteiger partial charge in [0.15, 0.2) is 0 Å². The molecule has 0 bridgehead atoms. The van der Waals surface area contributed by atoms with Crippen molar-refractivity contribution in [2.45, 2.75) is 46.2 Å². The van der Waals surface area contributed by atoms with Crippen molar-refractivity contribution in [1.82, 2.24) is 10.2 Å². The van der Waals surface area contributed by atoms with Crippen molar-refractivity contribution < 1.29 is 27.1 Å². The number of anilines is 1. The molecule has 1 atom stereocenters. The summed E-state index contributed by atoms with van der Waals surface area (Å²) in [6, 6.07) is 11.9. The Labute approximate surface area is 207 Å². The maximum absolute atomic E-state index is 14.3. The van der Waals surface area contributed by atoms with Gasteiger partial charge in [-0.3, -0.25) is 13.9 Å². The molecule has 10 heteroatoms. The fourth-order valence-corrected chi connectivity index (χ4v) is 4.56. The van der Waals surface area contributed by atoms with E-state index in [4.69, 9.17) is 4.74 Å². The monoisotopic (exact) mass is 507 g/mol. The highest BCUT2D eigenvalue weighted by Gasteiger charge is 2.27. The van der Waals surface area contributed by atoms with Gasteiger partial charge in [0.05, 0.1) is 18.6 Å². The number of nitrogens with zero attached hydrogens (tertiary/aromatic N) is 2. The van der Waals surface area contributed by atoms with Gasteiger partial charge in [-0.25, -0.2) is 12.8 Å². The fourth-order valence-electron chi connectivity index (χ4n) is 3.59. The summed E-state index contributed by atoms with van der Waals surface area (Å²) >= 11 is 0. The molecule has 1 N–H and O–H groups in total. The van der Waals surface area contributed by atoms with Crippen LogP contribution in [0.25, 0.3) is 0 Å². The number of likely N-dealkylation sites (N-methyl/N-ethyl adjacent to an activating group) is 1. The molecular formula is C25H34FN3O5S. The van der Waals surface area contributed by atoms with Crippen LogP contribution in [-0.4, -0.2) is 57.1 Å². The zero-order chi connectivity index (χ0) is 26.0. The van der Waals surface area contributed by atoms with Crippen LogP contribution in [-0.2, 0) is 26.2 Å². The van der Waals surface area contributed by atoms with Gasteiger partial charge in [0, 0.05) is 31.6 Å². The number of carbonyl (C=O) groups is 2. The number of halogens is 1. The lowest BCUT2D eigenvalue weighted by Gasteiger charge is -2.29. The van der Waals surface area contributed by atoms with Crippen LogP contribution in [0.3, 0.4) is 0 Å². The maximum atomic E-state index is 14.3. The molecule has 0 aliphatic carbocycles. The fraction of sp³-hybridized carbons (Fsp3) is 0.440. The van der Waals surface area contributed by atoms with E-state index < -0.39 is 21.9 Å². The minimum absolute atomic E-state index is 0.0127. The van der Waals surface area contributed by atoms with Crippen molar-refractivity contribution >= 4 is 27.5 Å². The van der Waals surface area contributed by atoms with Gasteiger partial charge in [-0.05, 0) is 57.5 Å². The molecule has 0 unspecified atom stereocenters. The van der Waals surface area contributed by atoms with Crippen molar-refractivity contribution in [1.29, 1.82) is 0 Å². The van der Waals surface area contributed by atoms with Crippen molar-refractivity contribution in [3.63, 3.8) is 0 Å². The smallest absolute Gasteiger partial charge is 0.242 e. The Hall–Kier alpha value is -3.14. The second-order valence-electron chi connectivity index (χ2n) is 8.05. The summed E-state index contributed by atoms with van der Waals surface area (Å²) in [5, 5.41) is 2.69. The molecule has 0 fully saturated rings. The summed E-state index contributed by atoms with van der Waals surface area (Å²) in [5.41, 5.74) is 0.756. The molecule has 0 spiro atoms. The largest absolute Gasteiger partial charge is 0.494 e. The normalized spacial score (nSPS) is 12.0. The summed E-state index contributed by atoms with van der Waals surface area (Å²) in [4.78, 5) is 26.9. The molecule has 0 aromatic heterocycles. The van der Waals surface area contributed by atoms with Crippen LogP contribution in [0, 0.1) is 5.82 Å². The van der Waals surface area contributed by atoms with Gasteiger partial charge < -0.3 is 15.0 Å². The molecule has 192 valence electrons. The number of carbonyl (C=O) groups excluding carboxylic acids is 2. The Morgan fingerprint density at radius 3 is 2.31 bits per heavy atom. The number of ether oxygens (including phenoxy) is 1. The van der Waals surface area contributed by atoms with Crippen molar-refractivity contribution in [3.8, 4) is 5.75 Å². The number of sulfonamides is 1. The zero-order valence-electron chi connectivity index (χ0n) is 20.7. The van der Waals surface area contributed by atoms with Crippen LogP contribution in [0.1, 0.15) is 39.2 Å². The number of amides is 2. The topological polar surface area (TPSA) is 96.0 Å². The lowest BCUT2D eigenvalue weighted by atomic mass is 10.1. The highest BCUT2D eigenvalue weighted by atomic mass is 32.2. The molecule has 0 aliphatic heterocycles. The van der Waals surface area contributed by atoms with Gasteiger partial charge in [0.2, 0.25) is 21.8 Å². The SMILES string of the molecule is CCNC(=O)[C@H](C)N(Cc1ccccc1F)C(=O)CCCN(c1ccc(OCC)cc1)S(C)(=O)=O. The molecule has 2 amide bonds. The van der Waals surface area contributed by atoms with E-state index in [2.05, 4.69) is 5.32 Å². The Morgan fingerprint density at radius 2 is 1.74 bits per heavy atom. The minimum Gasteiger partial charge on any atom is -0.494 e. The summed E-state index contributed by atoms with van der Waals surface area (Å²) < 4.78 is 45.7. The third-order valence-electron chi connectivity index (χ3n) is 5.40. The summed E-state index contributed by atoms with van der Waals surface area (Å²) in [6.45, 7) is 6.11. The van der Waals surface area contributed by atoms with E-state index in [1.54, 1.807) is 56.3 Å². The Morgan fingerprint density at radius 1 is 1.09 bits per heavy atom. The molecule has 0 aliphatic rings. The summed E-state index contributed by atoms with van der Waals surface area (Å²) in [6.07, 6.45) is 1.31. The van der Waals surface area contributed by atoms with E-state index in [1.807, 2.05) is 6.92 Å². The van der Waals surface area contributed by atoms with Crippen LogP contribution in [0.15, 0.2) is 48.5 Å². The number of nitrogens with one attached hydrogen (secondary N) is 1. The first-order valence-corrected chi connectivity index (χ1v) is 13.4. The lowest BCUT2D eigenvalue weighted by Crippen LogP contribution is -2.47. The quantitative estimate of drug-likeness (QED) is 0.449. The van der Waals surface area contributed by atoms with E-state index in [0.29, 0.717) is 30.2 Å². The van der Waals surface area contributed by atoms with Crippen LogP contribution >= 0.6 is 0 Å². The molecule has 0 saturated carbocycles. The molecule has 2 aromatic rings. The minimum atomic E-state index is -3.60. The van der Waals surface area contributed by atoms with Crippen LogP contribution < -0.4 is 14.4 Å². The van der Waals surface area contributed by atoms with Gasteiger partial charge >= 0.3 is 0 Å². The van der Waals surface area contributed by atoms with E-state index >= 15 is 0 Å². The van der Waals surface area contributed by atoms with Crippen molar-refractivity contribution in [2.75, 3.05) is 30.3 Å². The highest BCUT2D eigenvalue weighted by Crippen LogP contribution is 2.23. The second-order valence-corrected chi connectivity index (χ2v) is 9.96. The Bertz CT molecular complexity index is 1090. The predicted molar refractivity (Wildman–Crippen MR) is 134 cm³/mol. The third kappa shape index (κ3) is 8.24. The zero-order valence-corrected chi connectivity index (χ0v) is 21.5. The average Bonchev–Trinajstić information content (AvgIpc) is 2.81. The van der Waals surface area contributed by atoms with E-state index in [0.717, 1.165) is 6.26 Å². The summed E-state index contributed by atoms with van der Waals surface area (Å²) in [7, 11) is -3.60. The van der Waals surface area contributed by atoms with Crippen molar-refractivity contribution in [3.05, 3.63) is 59.9 Å². The van der Waals surface area contributed by atoms with Crippen LogP contribution in [0.4, 0.5) is 10.1 Å². The second kappa shape index (κ2) is 13.1. The highest BCUT2D eigenvalue weighted by molar-refractivity contribution is 7.92. The van der Waals surface area contributed by atoms with Crippen LogP contribution in [0.2, 0.25) is 0 Å². The van der Waals surface area contributed by atoms with Crippen LogP contribution in [0.5, 0.6) is 5.75 Å². The number of rotatable bonds is 13. The lowest BCUT2D eigenvalue weighted by molar-refractivity contribution is -0.140. The number of benzene rings is 2. The van der Waals surface area contributed by atoms with Gasteiger partial charge in [-0.1, -0.05) is 18.2 Å². The maximum Gasteiger partial charge on any atom is 0.242 e. The van der Waals surface area contributed by atoms with Gasteiger partial charge in [0.25, 0.3) is 0 Å². The molecule has 2 aromatic carbocycles. The first-order valence-electron chi connectivity index (χ1n) is 11.6. The van der Waals surface area contributed by atoms with Gasteiger partial charge in [-0.15, -0.1) is 0 Å². The number of hydrogen-bond acceptors (Lipinski definition) is 5. The van der Waals surface area contributed by atoms with Gasteiger partial charge in [0.1, 0.15) is 17.6 Å². The molecule has 2 rings (SSSR count). The molecule has 0 saturated heterocycles. The summed E-state index contributed by atoms with van der Waals surface area (Å²) in [5.74, 6) is -0.549. The third-order valence-corrected chi connectivity index (χ3v) is 6.60. The van der Waals surface area contributed by atoms with E-state index in [-0.39, 0.29) is 37.7 Å². The van der Waals surface area contributed by atoms with Crippen molar-refractivity contribution in [2.24, 2.45) is 0 Å². The molecule has 0 radical (unpaired) electrons. The molecule has 8 nitrogen and oxygen atoms in total. The molecular weight excluding hydrogens is 473 g/mol. The standard InChI is InChI=1S/C25H34FN3O5S/c1-5-27-25(31)19(3)28(18-20-10-7-8-11-23(20)26)24(30)12-9-17-29(35(4,32)33)21-13-15-22(16-14-21)34-6-2/h7-8,10-11,13-16,19H,5-6,9,12,17-18H2,1-4H3,(H,27,31)/t19-/m0/s1. The Kier molecular flexibility index (Phi) is 10.5. The predicted octanol–water partition coefficient (Wildman–Crippen LogP) is 3.32. The molecule has 0 heterocycles. The first kappa shape index (κ1) is 28.1. The van der Waals surface area contributed by atoms with Gasteiger partial charge in [-0.2, -0.15) is 0 Å². The molecule has 35 heavy (non-hydrogen) atoms. The van der Waals surface area contributed by atoms with E-state index in [9.17, 15) is 22.4 Å². The average molecular weight is 508 g/mol.